The summed E-state index contributed by atoms with van der Waals surface area (Å²) in [6.45, 7) is 0.739. The number of pyridine rings is 1. The van der Waals surface area contributed by atoms with Crippen LogP contribution in [0.25, 0.3) is 21.9 Å². The summed E-state index contributed by atoms with van der Waals surface area (Å²) < 4.78 is 5.56. The number of fused-ring (bicyclic) bond motifs is 2. The first kappa shape index (κ1) is 12.0. The summed E-state index contributed by atoms with van der Waals surface area (Å²) in [5.74, 6) is 0. The zero-order valence-corrected chi connectivity index (χ0v) is 11.4. The number of hydrogen-bond acceptors (Lipinski definition) is 3. The first-order valence-corrected chi connectivity index (χ1v) is 6.94. The van der Waals surface area contributed by atoms with Gasteiger partial charge in [0.2, 0.25) is 0 Å². The van der Waals surface area contributed by atoms with Gasteiger partial charge in [-0.25, -0.2) is 0 Å². The standard InChI is InChI=1S/C18H14N2O/c1-2-6-18-16(5-1)14(12-21-18)11-20-15-7-8-17-13(10-15)4-3-9-19-17/h1-10,12,20H,11H2. The van der Waals surface area contributed by atoms with Crippen LogP contribution in [-0.2, 0) is 6.54 Å². The molecule has 102 valence electrons. The molecule has 0 radical (unpaired) electrons. The van der Waals surface area contributed by atoms with Crippen molar-refractivity contribution in [3.05, 3.63) is 72.6 Å². The lowest BCUT2D eigenvalue weighted by Gasteiger charge is -2.06. The number of anilines is 1. The van der Waals surface area contributed by atoms with Crippen LogP contribution in [0.1, 0.15) is 5.56 Å². The van der Waals surface area contributed by atoms with E-state index in [2.05, 4.69) is 34.6 Å². The molecule has 4 rings (SSSR count). The van der Waals surface area contributed by atoms with E-state index in [9.17, 15) is 0 Å². The molecule has 0 saturated heterocycles. The second kappa shape index (κ2) is 4.94. The maximum Gasteiger partial charge on any atom is 0.134 e. The lowest BCUT2D eigenvalue weighted by molar-refractivity contribution is 0.611. The van der Waals surface area contributed by atoms with Gasteiger partial charge in [-0.05, 0) is 30.3 Å². The molecule has 0 aliphatic heterocycles. The largest absolute Gasteiger partial charge is 0.464 e. The van der Waals surface area contributed by atoms with Crippen molar-refractivity contribution in [2.75, 3.05) is 5.32 Å². The van der Waals surface area contributed by atoms with Crippen molar-refractivity contribution in [2.24, 2.45) is 0 Å². The number of nitrogens with one attached hydrogen (secondary N) is 1. The van der Waals surface area contributed by atoms with Crippen molar-refractivity contribution in [1.82, 2.24) is 4.98 Å². The molecule has 1 N–H and O–H groups in total. The monoisotopic (exact) mass is 274 g/mol. The average Bonchev–Trinajstić information content (AvgIpc) is 2.96. The number of furan rings is 1. The molecule has 0 amide bonds. The van der Waals surface area contributed by atoms with Crippen LogP contribution >= 0.6 is 0 Å². The molecule has 3 heteroatoms. The summed E-state index contributed by atoms with van der Waals surface area (Å²) in [6.07, 6.45) is 3.63. The fourth-order valence-corrected chi connectivity index (χ4v) is 2.55. The zero-order valence-electron chi connectivity index (χ0n) is 11.4. The van der Waals surface area contributed by atoms with E-state index in [1.165, 1.54) is 0 Å². The number of rotatable bonds is 3. The van der Waals surface area contributed by atoms with Gasteiger partial charge in [-0.2, -0.15) is 0 Å². The number of nitrogens with zero attached hydrogens (tertiary/aromatic N) is 1. The van der Waals surface area contributed by atoms with Gasteiger partial charge < -0.3 is 9.73 Å². The van der Waals surface area contributed by atoms with Crippen molar-refractivity contribution in [3.8, 4) is 0 Å². The normalized spacial score (nSPS) is 11.0. The minimum Gasteiger partial charge on any atom is -0.464 e. The molecule has 0 unspecified atom stereocenters. The van der Waals surface area contributed by atoms with E-state index in [0.717, 1.165) is 39.7 Å². The number of para-hydroxylation sites is 1. The summed E-state index contributed by atoms with van der Waals surface area (Å²) in [7, 11) is 0. The molecule has 0 aliphatic rings. The van der Waals surface area contributed by atoms with Crippen molar-refractivity contribution in [2.45, 2.75) is 6.54 Å². The fraction of sp³-hybridized carbons (Fsp3) is 0.0556. The zero-order chi connectivity index (χ0) is 14.1. The van der Waals surface area contributed by atoms with Gasteiger partial charge in [0.1, 0.15) is 5.58 Å². The van der Waals surface area contributed by atoms with E-state index in [-0.39, 0.29) is 0 Å². The fourth-order valence-electron chi connectivity index (χ4n) is 2.55. The van der Waals surface area contributed by atoms with Crippen LogP contribution in [0.4, 0.5) is 5.69 Å². The Labute approximate surface area is 122 Å². The third-order valence-corrected chi connectivity index (χ3v) is 3.65. The molecule has 0 atom stereocenters. The SMILES string of the molecule is c1cnc2ccc(NCc3coc4ccccc34)cc2c1. The van der Waals surface area contributed by atoms with Gasteiger partial charge in [0.25, 0.3) is 0 Å². The van der Waals surface area contributed by atoms with E-state index >= 15 is 0 Å². The first-order chi connectivity index (χ1) is 10.4. The lowest BCUT2D eigenvalue weighted by atomic mass is 10.1. The van der Waals surface area contributed by atoms with Gasteiger partial charge in [-0.15, -0.1) is 0 Å². The Morgan fingerprint density at radius 2 is 1.95 bits per heavy atom. The van der Waals surface area contributed by atoms with Crippen molar-refractivity contribution >= 4 is 27.6 Å². The summed E-state index contributed by atoms with van der Waals surface area (Å²) in [4.78, 5) is 4.33. The number of hydrogen-bond donors (Lipinski definition) is 1. The molecular weight excluding hydrogens is 260 g/mol. The molecule has 0 spiro atoms. The summed E-state index contributed by atoms with van der Waals surface area (Å²) >= 11 is 0. The predicted octanol–water partition coefficient (Wildman–Crippen LogP) is 4.59. The van der Waals surface area contributed by atoms with E-state index in [4.69, 9.17) is 4.42 Å². The predicted molar refractivity (Wildman–Crippen MR) is 85.3 cm³/mol. The molecular formula is C18H14N2O. The van der Waals surface area contributed by atoms with Crippen LogP contribution in [0.5, 0.6) is 0 Å². The van der Waals surface area contributed by atoms with Gasteiger partial charge in [0.15, 0.2) is 0 Å². The van der Waals surface area contributed by atoms with Gasteiger partial charge in [-0.3, -0.25) is 4.98 Å². The minimum absolute atomic E-state index is 0.739. The van der Waals surface area contributed by atoms with Crippen LogP contribution < -0.4 is 5.32 Å². The molecule has 2 aromatic heterocycles. The summed E-state index contributed by atoms with van der Waals surface area (Å²) in [5, 5.41) is 5.74. The van der Waals surface area contributed by atoms with Gasteiger partial charge in [0.05, 0.1) is 11.8 Å². The Balaban J connectivity index is 1.60. The Morgan fingerprint density at radius 3 is 2.95 bits per heavy atom. The Hall–Kier alpha value is -2.81. The Morgan fingerprint density at radius 1 is 1.00 bits per heavy atom. The molecule has 21 heavy (non-hydrogen) atoms. The molecule has 0 fully saturated rings. The third kappa shape index (κ3) is 2.23. The summed E-state index contributed by atoms with van der Waals surface area (Å²) in [6, 6.07) is 18.3. The molecule has 4 aromatic rings. The highest BCUT2D eigenvalue weighted by atomic mass is 16.3. The van der Waals surface area contributed by atoms with E-state index < -0.39 is 0 Å². The first-order valence-electron chi connectivity index (χ1n) is 6.94. The third-order valence-electron chi connectivity index (χ3n) is 3.65. The lowest BCUT2D eigenvalue weighted by Crippen LogP contribution is -1.98. The molecule has 2 aromatic carbocycles. The highest BCUT2D eigenvalue weighted by Gasteiger charge is 2.04. The van der Waals surface area contributed by atoms with Gasteiger partial charge in [0, 0.05) is 34.8 Å². The smallest absolute Gasteiger partial charge is 0.134 e. The average molecular weight is 274 g/mol. The topological polar surface area (TPSA) is 38.1 Å². The van der Waals surface area contributed by atoms with Crippen molar-refractivity contribution in [3.63, 3.8) is 0 Å². The van der Waals surface area contributed by atoms with Crippen LogP contribution in [0, 0.1) is 0 Å². The Kier molecular flexibility index (Phi) is 2.82. The van der Waals surface area contributed by atoms with Crippen LogP contribution in [0.3, 0.4) is 0 Å². The van der Waals surface area contributed by atoms with E-state index in [1.807, 2.05) is 42.8 Å². The van der Waals surface area contributed by atoms with Gasteiger partial charge >= 0.3 is 0 Å². The Bertz CT molecular complexity index is 911. The number of benzene rings is 2. The molecule has 0 saturated carbocycles. The molecule has 0 bridgehead atoms. The molecule has 0 aliphatic carbocycles. The highest BCUT2D eigenvalue weighted by Crippen LogP contribution is 2.22. The maximum absolute atomic E-state index is 5.56. The maximum atomic E-state index is 5.56. The quantitative estimate of drug-likeness (QED) is 0.593. The summed E-state index contributed by atoms with van der Waals surface area (Å²) in [5.41, 5.74) is 4.19. The second-order valence-corrected chi connectivity index (χ2v) is 5.02. The second-order valence-electron chi connectivity index (χ2n) is 5.02. The van der Waals surface area contributed by atoms with Crippen LogP contribution in [0.15, 0.2) is 71.5 Å². The van der Waals surface area contributed by atoms with E-state index in [0.29, 0.717) is 0 Å². The molecule has 3 nitrogen and oxygen atoms in total. The molecule has 2 heterocycles. The van der Waals surface area contributed by atoms with Crippen molar-refractivity contribution in [1.29, 1.82) is 0 Å². The van der Waals surface area contributed by atoms with Gasteiger partial charge in [-0.1, -0.05) is 24.3 Å². The van der Waals surface area contributed by atoms with Crippen LogP contribution in [-0.4, -0.2) is 4.98 Å². The highest BCUT2D eigenvalue weighted by molar-refractivity contribution is 5.83. The van der Waals surface area contributed by atoms with E-state index in [1.54, 1.807) is 0 Å². The van der Waals surface area contributed by atoms with Crippen LogP contribution in [0.2, 0.25) is 0 Å². The minimum atomic E-state index is 0.739. The number of aromatic nitrogens is 1. The van der Waals surface area contributed by atoms with Crippen molar-refractivity contribution < 1.29 is 4.42 Å².